The van der Waals surface area contributed by atoms with Gasteiger partial charge < -0.3 is 19.2 Å². The lowest BCUT2D eigenvalue weighted by Gasteiger charge is -2.44. The maximum absolute atomic E-state index is 13.7. The third kappa shape index (κ3) is 3.97. The van der Waals surface area contributed by atoms with Crippen molar-refractivity contribution in [2.75, 3.05) is 6.54 Å². The predicted octanol–water partition coefficient (Wildman–Crippen LogP) is 4.63. The van der Waals surface area contributed by atoms with E-state index in [4.69, 9.17) is 4.42 Å². The van der Waals surface area contributed by atoms with E-state index in [1.807, 2.05) is 66.9 Å². The number of nitrogens with zero attached hydrogens (tertiary/aromatic N) is 2. The van der Waals surface area contributed by atoms with Gasteiger partial charge in [0.2, 0.25) is 5.91 Å². The number of nitrogens with one attached hydrogen (secondary N) is 1. The topological polar surface area (TPSA) is 67.5 Å². The third-order valence-electron chi connectivity index (χ3n) is 6.37. The molecule has 1 atom stereocenters. The Morgan fingerprint density at radius 1 is 1.12 bits per heavy atom. The van der Waals surface area contributed by atoms with E-state index in [0.717, 1.165) is 23.2 Å². The van der Waals surface area contributed by atoms with E-state index >= 15 is 0 Å². The molecular formula is C26H31N3O3. The van der Waals surface area contributed by atoms with Crippen molar-refractivity contribution in [3.63, 3.8) is 0 Å². The molecule has 1 aromatic carbocycles. The van der Waals surface area contributed by atoms with E-state index in [2.05, 4.69) is 19.2 Å². The first kappa shape index (κ1) is 21.9. The molecule has 0 aliphatic carbocycles. The summed E-state index contributed by atoms with van der Waals surface area (Å²) in [5.74, 6) is 0.878. The van der Waals surface area contributed by atoms with Crippen molar-refractivity contribution in [3.05, 3.63) is 71.6 Å². The summed E-state index contributed by atoms with van der Waals surface area (Å²) in [5.41, 5.74) is 2.46. The number of amides is 2. The Balaban J connectivity index is 1.73. The maximum atomic E-state index is 13.7. The Morgan fingerprint density at radius 2 is 1.88 bits per heavy atom. The number of aryl methyl sites for hydroxylation is 1. The van der Waals surface area contributed by atoms with E-state index in [-0.39, 0.29) is 11.8 Å². The van der Waals surface area contributed by atoms with Gasteiger partial charge in [-0.05, 0) is 61.6 Å². The number of benzene rings is 1. The van der Waals surface area contributed by atoms with Gasteiger partial charge in [-0.25, -0.2) is 0 Å². The number of furan rings is 1. The first-order valence-corrected chi connectivity index (χ1v) is 11.2. The number of hydrogen-bond donors (Lipinski definition) is 1. The Labute approximate surface area is 189 Å². The minimum atomic E-state index is -1.04. The van der Waals surface area contributed by atoms with Gasteiger partial charge in [-0.15, -0.1) is 0 Å². The largest absolute Gasteiger partial charge is 0.463 e. The second kappa shape index (κ2) is 8.69. The zero-order valence-corrected chi connectivity index (χ0v) is 19.2. The molecule has 2 aromatic heterocycles. The molecule has 0 saturated carbocycles. The smallest absolute Gasteiger partial charge is 0.271 e. The van der Waals surface area contributed by atoms with Crippen LogP contribution in [0, 0.1) is 12.8 Å². The minimum absolute atomic E-state index is 0.134. The van der Waals surface area contributed by atoms with Gasteiger partial charge in [0.05, 0.1) is 18.5 Å². The van der Waals surface area contributed by atoms with Crippen molar-refractivity contribution < 1.29 is 14.0 Å². The van der Waals surface area contributed by atoms with E-state index in [0.29, 0.717) is 37.0 Å². The first-order valence-electron chi connectivity index (χ1n) is 11.2. The molecule has 4 rings (SSSR count). The maximum Gasteiger partial charge on any atom is 0.271 e. The lowest BCUT2D eigenvalue weighted by molar-refractivity contribution is -0.133. The molecule has 0 saturated heterocycles. The van der Waals surface area contributed by atoms with Crippen molar-refractivity contribution >= 4 is 11.8 Å². The Bertz CT molecular complexity index is 1110. The zero-order chi connectivity index (χ0) is 22.9. The highest BCUT2D eigenvalue weighted by Crippen LogP contribution is 2.34. The lowest BCUT2D eigenvalue weighted by atomic mass is 9.93. The normalized spacial score (nSPS) is 18.2. The summed E-state index contributed by atoms with van der Waals surface area (Å²) in [6.45, 7) is 9.47. The molecule has 0 fully saturated rings. The second-order valence-corrected chi connectivity index (χ2v) is 9.20. The molecular weight excluding hydrogens is 402 g/mol. The Kier molecular flexibility index (Phi) is 5.96. The highest BCUT2D eigenvalue weighted by Gasteiger charge is 2.47. The molecule has 1 N–H and O–H groups in total. The van der Waals surface area contributed by atoms with Gasteiger partial charge in [0, 0.05) is 13.1 Å². The average molecular weight is 434 g/mol. The van der Waals surface area contributed by atoms with Crippen LogP contribution in [0.1, 0.15) is 48.8 Å². The zero-order valence-electron chi connectivity index (χ0n) is 19.2. The van der Waals surface area contributed by atoms with Crippen LogP contribution < -0.4 is 5.32 Å². The highest BCUT2D eigenvalue weighted by molar-refractivity contribution is 6.00. The second-order valence-electron chi connectivity index (χ2n) is 9.20. The summed E-state index contributed by atoms with van der Waals surface area (Å²) < 4.78 is 7.51. The van der Waals surface area contributed by atoms with Crippen LogP contribution in [0.25, 0.3) is 11.5 Å². The fourth-order valence-electron chi connectivity index (χ4n) is 4.28. The number of hydrogen-bond acceptors (Lipinski definition) is 3. The molecule has 2 amide bonds. The summed E-state index contributed by atoms with van der Waals surface area (Å²) in [6, 6.07) is 15.4. The Morgan fingerprint density at radius 3 is 2.56 bits per heavy atom. The molecule has 6 heteroatoms. The summed E-state index contributed by atoms with van der Waals surface area (Å²) in [6.07, 6.45) is 2.50. The van der Waals surface area contributed by atoms with Crippen molar-refractivity contribution in [2.45, 2.75) is 52.7 Å². The monoisotopic (exact) mass is 433 g/mol. The number of rotatable bonds is 7. The van der Waals surface area contributed by atoms with Gasteiger partial charge >= 0.3 is 0 Å². The van der Waals surface area contributed by atoms with E-state index in [1.165, 1.54) is 0 Å². The molecule has 1 aliphatic heterocycles. The van der Waals surface area contributed by atoms with E-state index in [9.17, 15) is 9.59 Å². The Hall–Kier alpha value is -3.28. The van der Waals surface area contributed by atoms with Crippen LogP contribution in [-0.4, -0.2) is 33.4 Å². The molecule has 0 radical (unpaired) electrons. The third-order valence-corrected chi connectivity index (χ3v) is 6.37. The summed E-state index contributed by atoms with van der Waals surface area (Å²) >= 11 is 0. The first-order chi connectivity index (χ1) is 15.3. The van der Waals surface area contributed by atoms with Crippen LogP contribution in [0.3, 0.4) is 0 Å². The fraction of sp³-hybridized carbons (Fsp3) is 0.385. The quantitative estimate of drug-likeness (QED) is 0.591. The summed E-state index contributed by atoms with van der Waals surface area (Å²) in [5, 5.41) is 3.08. The molecule has 1 aliphatic rings. The molecule has 0 bridgehead atoms. The van der Waals surface area contributed by atoms with Crippen molar-refractivity contribution in [2.24, 2.45) is 5.92 Å². The molecule has 0 spiro atoms. The van der Waals surface area contributed by atoms with Crippen LogP contribution in [0.15, 0.2) is 59.2 Å². The van der Waals surface area contributed by atoms with Gasteiger partial charge in [0.1, 0.15) is 17.0 Å². The van der Waals surface area contributed by atoms with Crippen molar-refractivity contribution in [1.29, 1.82) is 0 Å². The van der Waals surface area contributed by atoms with Gasteiger partial charge in [0.25, 0.3) is 5.91 Å². The minimum Gasteiger partial charge on any atom is -0.463 e. The molecule has 3 heterocycles. The summed E-state index contributed by atoms with van der Waals surface area (Å²) in [4.78, 5) is 29.0. The SMILES string of the molecule is Cc1ccccc1CN1C(=O)c2ccc(-c3ccco3)n2C[C@@]1(C)C(=O)NCCC(C)C. The van der Waals surface area contributed by atoms with Gasteiger partial charge in [-0.2, -0.15) is 0 Å². The van der Waals surface area contributed by atoms with E-state index in [1.54, 1.807) is 11.2 Å². The molecule has 32 heavy (non-hydrogen) atoms. The molecule has 6 nitrogen and oxygen atoms in total. The average Bonchev–Trinajstić information content (AvgIpc) is 3.41. The number of aromatic nitrogens is 1. The number of fused-ring (bicyclic) bond motifs is 1. The standard InChI is InChI=1S/C26H31N3O3/c1-18(2)13-14-27-25(31)26(4)17-28-21(23-10-7-15-32-23)11-12-22(28)24(30)29(26)16-20-9-6-5-8-19(20)3/h5-12,15,18H,13-14,16-17H2,1-4H3,(H,27,31)/t26-/m0/s1. The molecule has 168 valence electrons. The van der Waals surface area contributed by atoms with Crippen LogP contribution >= 0.6 is 0 Å². The van der Waals surface area contributed by atoms with Gasteiger partial charge in [-0.3, -0.25) is 9.59 Å². The van der Waals surface area contributed by atoms with Crippen LogP contribution in [-0.2, 0) is 17.9 Å². The van der Waals surface area contributed by atoms with Crippen LogP contribution in [0.2, 0.25) is 0 Å². The summed E-state index contributed by atoms with van der Waals surface area (Å²) in [7, 11) is 0. The van der Waals surface area contributed by atoms with Crippen molar-refractivity contribution in [1.82, 2.24) is 14.8 Å². The van der Waals surface area contributed by atoms with Gasteiger partial charge in [-0.1, -0.05) is 38.1 Å². The lowest BCUT2D eigenvalue weighted by Crippen LogP contribution is -2.63. The fourth-order valence-corrected chi connectivity index (χ4v) is 4.28. The van der Waals surface area contributed by atoms with Crippen LogP contribution in [0.5, 0.6) is 0 Å². The highest BCUT2D eigenvalue weighted by atomic mass is 16.3. The predicted molar refractivity (Wildman–Crippen MR) is 124 cm³/mol. The number of carbonyl (C=O) groups is 2. The molecule has 0 unspecified atom stereocenters. The van der Waals surface area contributed by atoms with Crippen molar-refractivity contribution in [3.8, 4) is 11.5 Å². The number of carbonyl (C=O) groups excluding carboxylic acids is 2. The van der Waals surface area contributed by atoms with E-state index < -0.39 is 5.54 Å². The van der Waals surface area contributed by atoms with Crippen LogP contribution in [0.4, 0.5) is 0 Å². The van der Waals surface area contributed by atoms with Gasteiger partial charge in [0.15, 0.2) is 0 Å². The molecule has 3 aromatic rings.